The smallest absolute Gasteiger partial charge is 0.131 e. The first-order valence-corrected chi connectivity index (χ1v) is 10.0. The van der Waals surface area contributed by atoms with Gasteiger partial charge in [0, 0.05) is 37.4 Å². The molecule has 0 amide bonds. The van der Waals surface area contributed by atoms with Crippen LogP contribution in [0.4, 0.5) is 5.82 Å². The Bertz CT molecular complexity index is 955. The molecular weight excluding hydrogens is 362 g/mol. The molecule has 29 heavy (non-hydrogen) atoms. The zero-order valence-corrected chi connectivity index (χ0v) is 16.9. The van der Waals surface area contributed by atoms with E-state index in [1.165, 1.54) is 22.3 Å². The van der Waals surface area contributed by atoms with Crippen LogP contribution in [0.5, 0.6) is 11.5 Å². The Morgan fingerprint density at radius 3 is 2.41 bits per heavy atom. The number of aryl methyl sites for hydroxylation is 1. The second-order valence-electron chi connectivity index (χ2n) is 7.58. The Kier molecular flexibility index (Phi) is 5.79. The third kappa shape index (κ3) is 4.58. The van der Waals surface area contributed by atoms with E-state index in [0.717, 1.165) is 30.4 Å². The lowest BCUT2D eigenvalue weighted by Crippen LogP contribution is -2.20. The van der Waals surface area contributed by atoms with Crippen molar-refractivity contribution in [2.24, 2.45) is 0 Å². The van der Waals surface area contributed by atoms with Crippen molar-refractivity contribution in [1.82, 2.24) is 9.88 Å². The van der Waals surface area contributed by atoms with Gasteiger partial charge in [-0.2, -0.15) is 0 Å². The summed E-state index contributed by atoms with van der Waals surface area (Å²) in [7, 11) is 0. The molecule has 0 spiro atoms. The Morgan fingerprint density at radius 2 is 1.72 bits per heavy atom. The number of aliphatic hydroxyl groups is 1. The highest BCUT2D eigenvalue weighted by Gasteiger charge is 2.22. The predicted molar refractivity (Wildman–Crippen MR) is 115 cm³/mol. The molecule has 0 fully saturated rings. The molecule has 0 radical (unpaired) electrons. The molecule has 0 saturated carbocycles. The molecule has 0 saturated heterocycles. The zero-order valence-electron chi connectivity index (χ0n) is 16.9. The fourth-order valence-corrected chi connectivity index (χ4v) is 3.66. The molecular formula is C24H27N3O2. The van der Waals surface area contributed by atoms with Crippen LogP contribution in [0.2, 0.25) is 0 Å². The quantitative estimate of drug-likeness (QED) is 0.615. The summed E-state index contributed by atoms with van der Waals surface area (Å²) in [5.74, 6) is 2.59. The molecule has 2 N–H and O–H groups in total. The van der Waals surface area contributed by atoms with Gasteiger partial charge in [0.2, 0.25) is 0 Å². The first-order valence-electron chi connectivity index (χ1n) is 10.0. The fourth-order valence-electron chi connectivity index (χ4n) is 3.66. The minimum absolute atomic E-state index is 0.120. The van der Waals surface area contributed by atoms with Crippen molar-refractivity contribution in [3.63, 3.8) is 0 Å². The van der Waals surface area contributed by atoms with Crippen LogP contribution in [0.1, 0.15) is 35.2 Å². The number of hydrogen-bond donors (Lipinski definition) is 2. The van der Waals surface area contributed by atoms with Gasteiger partial charge in [0.1, 0.15) is 17.3 Å². The standard InChI is InChI=1S/C24H27N3O2/c1-17-3-7-21(8-4-17)29-22-9-5-19(6-10-22)18(2)26-24-23-16-27(13-14-28)15-20(23)11-12-25-24/h3-12,18,28H,13-16H2,1-2H3,(H,25,26)/t18-/m0/s1. The van der Waals surface area contributed by atoms with E-state index in [1.54, 1.807) is 0 Å². The monoisotopic (exact) mass is 389 g/mol. The Morgan fingerprint density at radius 1 is 1.03 bits per heavy atom. The molecule has 2 heterocycles. The predicted octanol–water partition coefficient (Wildman–Crippen LogP) is 4.66. The van der Waals surface area contributed by atoms with E-state index in [9.17, 15) is 5.11 Å². The van der Waals surface area contributed by atoms with E-state index in [-0.39, 0.29) is 12.6 Å². The van der Waals surface area contributed by atoms with Crippen molar-refractivity contribution in [3.8, 4) is 11.5 Å². The van der Waals surface area contributed by atoms with E-state index in [1.807, 2.05) is 42.6 Å². The second-order valence-corrected chi connectivity index (χ2v) is 7.58. The number of anilines is 1. The fraction of sp³-hybridized carbons (Fsp3) is 0.292. The molecule has 0 unspecified atom stereocenters. The lowest BCUT2D eigenvalue weighted by atomic mass is 10.1. The van der Waals surface area contributed by atoms with E-state index in [2.05, 4.69) is 47.2 Å². The Hall–Kier alpha value is -2.89. The topological polar surface area (TPSA) is 57.6 Å². The SMILES string of the molecule is Cc1ccc(Oc2ccc([C@H](C)Nc3nccc4c3CN(CCO)C4)cc2)cc1. The largest absolute Gasteiger partial charge is 0.457 e. The average molecular weight is 389 g/mol. The number of nitrogens with one attached hydrogen (secondary N) is 1. The van der Waals surface area contributed by atoms with Crippen LogP contribution in [0.15, 0.2) is 60.8 Å². The van der Waals surface area contributed by atoms with Crippen LogP contribution >= 0.6 is 0 Å². The summed E-state index contributed by atoms with van der Waals surface area (Å²) in [4.78, 5) is 6.80. The molecule has 1 atom stereocenters. The van der Waals surface area contributed by atoms with Gasteiger partial charge in [-0.05, 0) is 55.3 Å². The summed E-state index contributed by atoms with van der Waals surface area (Å²) in [5.41, 5.74) is 4.90. The molecule has 2 aromatic carbocycles. The molecule has 0 aliphatic carbocycles. The lowest BCUT2D eigenvalue weighted by Gasteiger charge is -2.18. The van der Waals surface area contributed by atoms with Gasteiger partial charge in [0.25, 0.3) is 0 Å². The maximum Gasteiger partial charge on any atom is 0.131 e. The maximum absolute atomic E-state index is 9.21. The molecule has 3 aromatic rings. The number of nitrogens with zero attached hydrogens (tertiary/aromatic N) is 2. The Labute approximate surface area is 172 Å². The number of β-amino-alcohol motifs (C(OH)–C–C–N with tert-alkyl or cyclic N) is 1. The summed E-state index contributed by atoms with van der Waals surface area (Å²) < 4.78 is 5.92. The summed E-state index contributed by atoms with van der Waals surface area (Å²) in [6.07, 6.45) is 1.86. The highest BCUT2D eigenvalue weighted by atomic mass is 16.5. The average Bonchev–Trinajstić information content (AvgIpc) is 3.14. The Balaban J connectivity index is 1.43. The van der Waals surface area contributed by atoms with E-state index in [0.29, 0.717) is 6.54 Å². The lowest BCUT2D eigenvalue weighted by molar-refractivity contribution is 0.198. The third-order valence-electron chi connectivity index (χ3n) is 5.33. The number of pyridine rings is 1. The van der Waals surface area contributed by atoms with Gasteiger partial charge in [0.05, 0.1) is 6.61 Å². The molecule has 5 nitrogen and oxygen atoms in total. The van der Waals surface area contributed by atoms with Crippen LogP contribution < -0.4 is 10.1 Å². The van der Waals surface area contributed by atoms with Crippen molar-refractivity contribution in [1.29, 1.82) is 0 Å². The molecule has 4 rings (SSSR count). The van der Waals surface area contributed by atoms with Gasteiger partial charge in [-0.3, -0.25) is 4.90 Å². The second kappa shape index (κ2) is 8.64. The van der Waals surface area contributed by atoms with Gasteiger partial charge in [-0.25, -0.2) is 4.98 Å². The molecule has 150 valence electrons. The third-order valence-corrected chi connectivity index (χ3v) is 5.33. The number of hydrogen-bond acceptors (Lipinski definition) is 5. The summed E-state index contributed by atoms with van der Waals surface area (Å²) in [5, 5.41) is 12.8. The van der Waals surface area contributed by atoms with Crippen LogP contribution in [0.25, 0.3) is 0 Å². The van der Waals surface area contributed by atoms with Gasteiger partial charge in [0.15, 0.2) is 0 Å². The number of fused-ring (bicyclic) bond motifs is 1. The number of aliphatic hydroxyl groups excluding tert-OH is 1. The van der Waals surface area contributed by atoms with Crippen LogP contribution in [-0.2, 0) is 13.1 Å². The van der Waals surface area contributed by atoms with Crippen molar-refractivity contribution in [2.45, 2.75) is 33.0 Å². The normalized spacial score (nSPS) is 14.4. The molecule has 1 aliphatic heterocycles. The van der Waals surface area contributed by atoms with Crippen molar-refractivity contribution < 1.29 is 9.84 Å². The molecule has 5 heteroatoms. The van der Waals surface area contributed by atoms with Crippen molar-refractivity contribution in [3.05, 3.63) is 83.0 Å². The maximum atomic E-state index is 9.21. The summed E-state index contributed by atoms with van der Waals surface area (Å²) in [6, 6.07) is 18.4. The van der Waals surface area contributed by atoms with Crippen molar-refractivity contribution >= 4 is 5.82 Å². The minimum atomic E-state index is 0.120. The van der Waals surface area contributed by atoms with Gasteiger partial charge >= 0.3 is 0 Å². The van der Waals surface area contributed by atoms with Crippen LogP contribution in [0.3, 0.4) is 0 Å². The number of benzene rings is 2. The van der Waals surface area contributed by atoms with Crippen LogP contribution in [-0.4, -0.2) is 28.1 Å². The molecule has 1 aliphatic rings. The van der Waals surface area contributed by atoms with E-state index < -0.39 is 0 Å². The van der Waals surface area contributed by atoms with Crippen LogP contribution in [0, 0.1) is 6.92 Å². The molecule has 0 bridgehead atoms. The first kappa shape index (κ1) is 19.4. The molecule has 1 aromatic heterocycles. The van der Waals surface area contributed by atoms with E-state index >= 15 is 0 Å². The summed E-state index contributed by atoms with van der Waals surface area (Å²) in [6.45, 7) is 6.75. The minimum Gasteiger partial charge on any atom is -0.457 e. The van der Waals surface area contributed by atoms with Gasteiger partial charge in [-0.1, -0.05) is 29.8 Å². The summed E-state index contributed by atoms with van der Waals surface area (Å²) >= 11 is 0. The number of ether oxygens (including phenoxy) is 1. The zero-order chi connectivity index (χ0) is 20.2. The highest BCUT2D eigenvalue weighted by Crippen LogP contribution is 2.30. The number of aromatic nitrogens is 1. The van der Waals surface area contributed by atoms with Gasteiger partial charge in [-0.15, -0.1) is 0 Å². The number of rotatable bonds is 7. The van der Waals surface area contributed by atoms with Gasteiger partial charge < -0.3 is 15.2 Å². The highest BCUT2D eigenvalue weighted by molar-refractivity contribution is 5.51. The van der Waals surface area contributed by atoms with Crippen molar-refractivity contribution in [2.75, 3.05) is 18.5 Å². The van der Waals surface area contributed by atoms with E-state index in [4.69, 9.17) is 4.74 Å². The first-order chi connectivity index (χ1) is 14.1.